The maximum Gasteiger partial charge on any atom is 0.104 e. The van der Waals surface area contributed by atoms with Gasteiger partial charge in [0.1, 0.15) is 6.10 Å². The van der Waals surface area contributed by atoms with E-state index in [-0.39, 0.29) is 0 Å². The van der Waals surface area contributed by atoms with Crippen LogP contribution in [0.3, 0.4) is 0 Å². The third kappa shape index (κ3) is 2.48. The van der Waals surface area contributed by atoms with Crippen molar-refractivity contribution in [2.75, 3.05) is 5.73 Å². The second kappa shape index (κ2) is 4.60. The summed E-state index contributed by atoms with van der Waals surface area (Å²) in [5, 5.41) is 10.4. The van der Waals surface area contributed by atoms with Crippen molar-refractivity contribution in [1.82, 2.24) is 0 Å². The van der Waals surface area contributed by atoms with Gasteiger partial charge in [0.25, 0.3) is 0 Å². The minimum atomic E-state index is -0.613. The molecule has 0 bridgehead atoms. The van der Waals surface area contributed by atoms with Crippen molar-refractivity contribution < 1.29 is 5.11 Å². The van der Waals surface area contributed by atoms with E-state index in [2.05, 4.69) is 0 Å². The SMILES string of the molecule is Cc1ccc(C)c(C(O)c2cccc(N)c2)c1. The topological polar surface area (TPSA) is 46.2 Å². The first-order valence-corrected chi connectivity index (χ1v) is 5.68. The summed E-state index contributed by atoms with van der Waals surface area (Å²) in [6.45, 7) is 4.03. The summed E-state index contributed by atoms with van der Waals surface area (Å²) in [7, 11) is 0. The number of hydrogen-bond acceptors (Lipinski definition) is 2. The van der Waals surface area contributed by atoms with Crippen LogP contribution in [0, 0.1) is 13.8 Å². The van der Waals surface area contributed by atoms with E-state index in [1.165, 1.54) is 0 Å². The summed E-state index contributed by atoms with van der Waals surface area (Å²) >= 11 is 0. The van der Waals surface area contributed by atoms with Crippen molar-refractivity contribution >= 4 is 5.69 Å². The van der Waals surface area contributed by atoms with Gasteiger partial charge >= 0.3 is 0 Å². The Balaban J connectivity index is 2.43. The fourth-order valence-corrected chi connectivity index (χ4v) is 1.96. The molecule has 0 spiro atoms. The van der Waals surface area contributed by atoms with Crippen LogP contribution in [0.15, 0.2) is 42.5 Å². The number of aliphatic hydroxyl groups is 1. The molecule has 2 heteroatoms. The third-order valence-corrected chi connectivity index (χ3v) is 2.96. The Morgan fingerprint density at radius 2 is 1.82 bits per heavy atom. The molecule has 1 unspecified atom stereocenters. The quantitative estimate of drug-likeness (QED) is 0.775. The third-order valence-electron chi connectivity index (χ3n) is 2.96. The van der Waals surface area contributed by atoms with Gasteiger partial charge in [0.15, 0.2) is 0 Å². The normalized spacial score (nSPS) is 12.4. The summed E-state index contributed by atoms with van der Waals surface area (Å²) < 4.78 is 0. The standard InChI is InChI=1S/C15H17NO/c1-10-6-7-11(2)14(8-10)15(17)12-4-3-5-13(16)9-12/h3-9,15,17H,16H2,1-2H3. The highest BCUT2D eigenvalue weighted by molar-refractivity contribution is 5.45. The van der Waals surface area contributed by atoms with E-state index in [0.29, 0.717) is 5.69 Å². The molecule has 2 aromatic rings. The van der Waals surface area contributed by atoms with Gasteiger partial charge in [0, 0.05) is 5.69 Å². The first-order chi connectivity index (χ1) is 8.08. The molecule has 0 aliphatic rings. The Labute approximate surface area is 102 Å². The molecule has 0 aliphatic carbocycles. The molecular weight excluding hydrogens is 210 g/mol. The Hall–Kier alpha value is -1.80. The van der Waals surface area contributed by atoms with Gasteiger partial charge in [0.05, 0.1) is 0 Å². The van der Waals surface area contributed by atoms with Crippen LogP contribution < -0.4 is 5.73 Å². The number of aliphatic hydroxyl groups excluding tert-OH is 1. The lowest BCUT2D eigenvalue weighted by atomic mass is 9.96. The number of nitrogen functional groups attached to an aromatic ring is 1. The smallest absolute Gasteiger partial charge is 0.104 e. The molecule has 1 atom stereocenters. The maximum absolute atomic E-state index is 10.4. The van der Waals surface area contributed by atoms with Crippen LogP contribution in [0.1, 0.15) is 28.4 Å². The number of aryl methyl sites for hydroxylation is 2. The van der Waals surface area contributed by atoms with Gasteiger partial charge in [-0.05, 0) is 42.7 Å². The van der Waals surface area contributed by atoms with Crippen molar-refractivity contribution in [1.29, 1.82) is 0 Å². The van der Waals surface area contributed by atoms with Crippen molar-refractivity contribution in [2.45, 2.75) is 20.0 Å². The minimum Gasteiger partial charge on any atom is -0.399 e. The molecule has 0 aliphatic heterocycles. The minimum absolute atomic E-state index is 0.613. The number of nitrogens with two attached hydrogens (primary N) is 1. The Kier molecular flexibility index (Phi) is 3.16. The second-order valence-electron chi connectivity index (χ2n) is 4.43. The summed E-state index contributed by atoms with van der Waals surface area (Å²) in [4.78, 5) is 0. The molecule has 0 amide bonds. The lowest BCUT2D eigenvalue weighted by Gasteiger charge is -2.15. The lowest BCUT2D eigenvalue weighted by molar-refractivity contribution is 0.219. The molecule has 0 radical (unpaired) electrons. The molecule has 0 heterocycles. The fraction of sp³-hybridized carbons (Fsp3) is 0.200. The predicted molar refractivity (Wildman–Crippen MR) is 70.8 cm³/mol. The van der Waals surface area contributed by atoms with Gasteiger partial charge in [0.2, 0.25) is 0 Å². The van der Waals surface area contributed by atoms with Crippen molar-refractivity contribution in [3.8, 4) is 0 Å². The van der Waals surface area contributed by atoms with Gasteiger partial charge in [-0.2, -0.15) is 0 Å². The summed E-state index contributed by atoms with van der Waals surface area (Å²) in [6.07, 6.45) is -0.613. The molecule has 2 nitrogen and oxygen atoms in total. The van der Waals surface area contributed by atoms with E-state index in [1.807, 2.05) is 56.3 Å². The molecule has 0 aromatic heterocycles. The first kappa shape index (κ1) is 11.7. The van der Waals surface area contributed by atoms with E-state index in [4.69, 9.17) is 5.73 Å². The van der Waals surface area contributed by atoms with E-state index in [1.54, 1.807) is 0 Å². The largest absolute Gasteiger partial charge is 0.399 e. The number of anilines is 1. The monoisotopic (exact) mass is 227 g/mol. The van der Waals surface area contributed by atoms with Crippen LogP contribution >= 0.6 is 0 Å². The van der Waals surface area contributed by atoms with E-state index >= 15 is 0 Å². The molecule has 0 saturated heterocycles. The molecule has 0 saturated carbocycles. The average molecular weight is 227 g/mol. The first-order valence-electron chi connectivity index (χ1n) is 5.68. The number of hydrogen-bond donors (Lipinski definition) is 2. The summed E-state index contributed by atoms with van der Waals surface area (Å²) in [6, 6.07) is 13.5. The zero-order valence-electron chi connectivity index (χ0n) is 10.1. The highest BCUT2D eigenvalue weighted by Gasteiger charge is 2.13. The molecule has 2 rings (SSSR count). The van der Waals surface area contributed by atoms with Crippen molar-refractivity contribution in [3.05, 3.63) is 64.7 Å². The molecule has 88 valence electrons. The van der Waals surface area contributed by atoms with E-state index in [0.717, 1.165) is 22.3 Å². The Morgan fingerprint density at radius 1 is 1.06 bits per heavy atom. The van der Waals surface area contributed by atoms with Crippen LogP contribution in [-0.4, -0.2) is 5.11 Å². The van der Waals surface area contributed by atoms with Gasteiger partial charge in [-0.3, -0.25) is 0 Å². The van der Waals surface area contributed by atoms with Gasteiger partial charge in [-0.1, -0.05) is 35.9 Å². The molecular formula is C15H17NO. The summed E-state index contributed by atoms with van der Waals surface area (Å²) in [5.74, 6) is 0. The van der Waals surface area contributed by atoms with Crippen LogP contribution in [-0.2, 0) is 0 Å². The number of rotatable bonds is 2. The molecule has 3 N–H and O–H groups in total. The zero-order chi connectivity index (χ0) is 12.4. The van der Waals surface area contributed by atoms with Crippen molar-refractivity contribution in [3.63, 3.8) is 0 Å². The maximum atomic E-state index is 10.4. The van der Waals surface area contributed by atoms with E-state index < -0.39 is 6.10 Å². The van der Waals surface area contributed by atoms with Crippen LogP contribution in [0.4, 0.5) is 5.69 Å². The Morgan fingerprint density at radius 3 is 2.53 bits per heavy atom. The average Bonchev–Trinajstić information content (AvgIpc) is 2.31. The van der Waals surface area contributed by atoms with Crippen LogP contribution in [0.25, 0.3) is 0 Å². The van der Waals surface area contributed by atoms with Crippen LogP contribution in [0.2, 0.25) is 0 Å². The van der Waals surface area contributed by atoms with Gasteiger partial charge in [-0.25, -0.2) is 0 Å². The summed E-state index contributed by atoms with van der Waals surface area (Å²) in [5.41, 5.74) is 10.4. The van der Waals surface area contributed by atoms with Crippen molar-refractivity contribution in [2.24, 2.45) is 0 Å². The van der Waals surface area contributed by atoms with E-state index in [9.17, 15) is 5.11 Å². The van der Waals surface area contributed by atoms with Gasteiger partial charge in [-0.15, -0.1) is 0 Å². The highest BCUT2D eigenvalue weighted by atomic mass is 16.3. The number of benzene rings is 2. The fourth-order valence-electron chi connectivity index (χ4n) is 1.96. The van der Waals surface area contributed by atoms with Crippen LogP contribution in [0.5, 0.6) is 0 Å². The second-order valence-corrected chi connectivity index (χ2v) is 4.43. The van der Waals surface area contributed by atoms with Gasteiger partial charge < -0.3 is 10.8 Å². The Bertz CT molecular complexity index is 534. The zero-order valence-corrected chi connectivity index (χ0v) is 10.1. The molecule has 0 fully saturated rings. The molecule has 2 aromatic carbocycles. The predicted octanol–water partition coefficient (Wildman–Crippen LogP) is 2.97. The molecule has 17 heavy (non-hydrogen) atoms. The highest BCUT2D eigenvalue weighted by Crippen LogP contribution is 2.26. The lowest BCUT2D eigenvalue weighted by Crippen LogP contribution is -2.03.